The predicted octanol–water partition coefficient (Wildman–Crippen LogP) is 4.66. The molecule has 0 saturated carbocycles. The van der Waals surface area contributed by atoms with Gasteiger partial charge in [-0.05, 0) is 49.2 Å². The van der Waals surface area contributed by atoms with Gasteiger partial charge in [0.2, 0.25) is 0 Å². The molecule has 0 amide bonds. The molecule has 0 aliphatic carbocycles. The maximum Gasteiger partial charge on any atom is 0.142 e. The highest BCUT2D eigenvalue weighted by Gasteiger charge is 2.03. The molecule has 0 bridgehead atoms. The zero-order valence-electron chi connectivity index (χ0n) is 11.2. The van der Waals surface area contributed by atoms with Gasteiger partial charge in [-0.25, -0.2) is 0 Å². The van der Waals surface area contributed by atoms with E-state index in [-0.39, 0.29) is 0 Å². The number of benzene rings is 2. The van der Waals surface area contributed by atoms with Gasteiger partial charge in [0.15, 0.2) is 0 Å². The van der Waals surface area contributed by atoms with E-state index >= 15 is 0 Å². The molecule has 0 atom stereocenters. The predicted molar refractivity (Wildman–Crippen MR) is 81.1 cm³/mol. The second-order valence-corrected chi connectivity index (χ2v) is 4.85. The van der Waals surface area contributed by atoms with Gasteiger partial charge in [0, 0.05) is 11.6 Å². The Balaban J connectivity index is 2.08. The maximum atomic E-state index is 5.87. The Bertz CT molecular complexity index is 537. The molecule has 0 aliphatic heterocycles. The molecule has 2 aromatic carbocycles. The minimum Gasteiger partial charge on any atom is -0.492 e. The molecule has 0 spiro atoms. The molecule has 100 valence electrons. The summed E-state index contributed by atoms with van der Waals surface area (Å²) in [7, 11) is 0. The van der Waals surface area contributed by atoms with Gasteiger partial charge < -0.3 is 10.1 Å². The van der Waals surface area contributed by atoms with Gasteiger partial charge in [-0.3, -0.25) is 0 Å². The van der Waals surface area contributed by atoms with E-state index in [2.05, 4.69) is 24.4 Å². The van der Waals surface area contributed by atoms with Crippen LogP contribution in [0.15, 0.2) is 42.5 Å². The largest absolute Gasteiger partial charge is 0.492 e. The van der Waals surface area contributed by atoms with Crippen molar-refractivity contribution in [2.24, 2.45) is 0 Å². The number of ether oxygens (including phenoxy) is 1. The van der Waals surface area contributed by atoms with E-state index in [1.54, 1.807) is 0 Å². The number of halogens is 1. The molecule has 0 unspecified atom stereocenters. The first-order valence-corrected chi connectivity index (χ1v) is 6.78. The Labute approximate surface area is 119 Å². The summed E-state index contributed by atoms with van der Waals surface area (Å²) in [6.45, 7) is 5.47. The van der Waals surface area contributed by atoms with Crippen molar-refractivity contribution in [2.45, 2.75) is 20.4 Å². The van der Waals surface area contributed by atoms with Gasteiger partial charge >= 0.3 is 0 Å². The minimum atomic E-state index is 0.666. The van der Waals surface area contributed by atoms with Crippen molar-refractivity contribution < 1.29 is 4.74 Å². The van der Waals surface area contributed by atoms with Gasteiger partial charge in [0.1, 0.15) is 5.75 Å². The molecule has 0 radical (unpaired) electrons. The van der Waals surface area contributed by atoms with E-state index in [1.807, 2.05) is 37.3 Å². The molecule has 2 nitrogen and oxygen atoms in total. The van der Waals surface area contributed by atoms with Gasteiger partial charge in [0.25, 0.3) is 0 Å². The van der Waals surface area contributed by atoms with E-state index in [9.17, 15) is 0 Å². The number of hydrogen-bond donors (Lipinski definition) is 1. The second kappa shape index (κ2) is 6.48. The average molecular weight is 276 g/mol. The molecule has 2 aromatic rings. The van der Waals surface area contributed by atoms with Crippen LogP contribution in [-0.2, 0) is 6.54 Å². The van der Waals surface area contributed by atoms with Crippen molar-refractivity contribution in [3.05, 3.63) is 58.6 Å². The van der Waals surface area contributed by atoms with E-state index in [0.717, 1.165) is 23.0 Å². The van der Waals surface area contributed by atoms with Crippen LogP contribution in [0.3, 0.4) is 0 Å². The van der Waals surface area contributed by atoms with Crippen LogP contribution in [-0.4, -0.2) is 6.61 Å². The normalized spacial score (nSPS) is 10.3. The molecule has 0 saturated heterocycles. The first-order chi connectivity index (χ1) is 9.19. The van der Waals surface area contributed by atoms with E-state index in [4.69, 9.17) is 16.3 Å². The van der Waals surface area contributed by atoms with E-state index in [0.29, 0.717) is 6.61 Å². The highest BCUT2D eigenvalue weighted by molar-refractivity contribution is 6.30. The number of nitrogens with one attached hydrogen (secondary N) is 1. The van der Waals surface area contributed by atoms with Crippen LogP contribution in [0.25, 0.3) is 0 Å². The third-order valence-corrected chi connectivity index (χ3v) is 3.09. The summed E-state index contributed by atoms with van der Waals surface area (Å²) < 4.78 is 5.64. The lowest BCUT2D eigenvalue weighted by Crippen LogP contribution is -2.03. The van der Waals surface area contributed by atoms with Crippen LogP contribution in [0.4, 0.5) is 5.69 Å². The number of hydrogen-bond acceptors (Lipinski definition) is 2. The highest BCUT2D eigenvalue weighted by atomic mass is 35.5. The number of aryl methyl sites for hydroxylation is 1. The molecule has 19 heavy (non-hydrogen) atoms. The molecule has 0 aliphatic rings. The summed E-state index contributed by atoms with van der Waals surface area (Å²) in [6.07, 6.45) is 0. The first kappa shape index (κ1) is 13.8. The SMILES string of the molecule is CCOc1cc(C)ccc1NCc1ccc(Cl)cc1. The topological polar surface area (TPSA) is 21.3 Å². The monoisotopic (exact) mass is 275 g/mol. The van der Waals surface area contributed by atoms with Crippen molar-refractivity contribution in [1.29, 1.82) is 0 Å². The second-order valence-electron chi connectivity index (χ2n) is 4.41. The van der Waals surface area contributed by atoms with Gasteiger partial charge in [-0.1, -0.05) is 29.8 Å². The van der Waals surface area contributed by atoms with Gasteiger partial charge in [-0.2, -0.15) is 0 Å². The molecule has 3 heteroatoms. The number of rotatable bonds is 5. The summed E-state index contributed by atoms with van der Waals surface area (Å²) in [4.78, 5) is 0. The van der Waals surface area contributed by atoms with Crippen LogP contribution in [0, 0.1) is 6.92 Å². The number of anilines is 1. The quantitative estimate of drug-likeness (QED) is 0.857. The molecular weight excluding hydrogens is 258 g/mol. The highest BCUT2D eigenvalue weighted by Crippen LogP contribution is 2.26. The van der Waals surface area contributed by atoms with Crippen molar-refractivity contribution in [3.8, 4) is 5.75 Å². The minimum absolute atomic E-state index is 0.666. The molecular formula is C16H18ClNO. The fraction of sp³-hybridized carbons (Fsp3) is 0.250. The molecule has 1 N–H and O–H groups in total. The summed E-state index contributed by atoms with van der Waals surface area (Å²) in [5.41, 5.74) is 3.40. The van der Waals surface area contributed by atoms with Gasteiger partial charge in [0.05, 0.1) is 12.3 Å². The third kappa shape index (κ3) is 3.90. The summed E-state index contributed by atoms with van der Waals surface area (Å²) in [5, 5.41) is 4.15. The Morgan fingerprint density at radius 1 is 1.11 bits per heavy atom. The molecule has 0 heterocycles. The lowest BCUT2D eigenvalue weighted by Gasteiger charge is -2.13. The summed E-state index contributed by atoms with van der Waals surface area (Å²) in [6, 6.07) is 14.0. The van der Waals surface area contributed by atoms with Crippen molar-refractivity contribution in [2.75, 3.05) is 11.9 Å². The van der Waals surface area contributed by atoms with Crippen molar-refractivity contribution in [3.63, 3.8) is 0 Å². The fourth-order valence-electron chi connectivity index (χ4n) is 1.85. The Morgan fingerprint density at radius 2 is 1.84 bits per heavy atom. The zero-order valence-corrected chi connectivity index (χ0v) is 12.0. The van der Waals surface area contributed by atoms with Crippen LogP contribution < -0.4 is 10.1 Å². The summed E-state index contributed by atoms with van der Waals surface area (Å²) in [5.74, 6) is 0.900. The average Bonchev–Trinajstić information content (AvgIpc) is 2.40. The molecule has 0 aromatic heterocycles. The van der Waals surface area contributed by atoms with Crippen molar-refractivity contribution >= 4 is 17.3 Å². The Hall–Kier alpha value is -1.67. The Kier molecular flexibility index (Phi) is 4.69. The van der Waals surface area contributed by atoms with Crippen LogP contribution in [0.1, 0.15) is 18.1 Å². The van der Waals surface area contributed by atoms with Crippen LogP contribution >= 0.6 is 11.6 Å². The van der Waals surface area contributed by atoms with Crippen molar-refractivity contribution in [1.82, 2.24) is 0 Å². The van der Waals surface area contributed by atoms with E-state index < -0.39 is 0 Å². The smallest absolute Gasteiger partial charge is 0.142 e. The fourth-order valence-corrected chi connectivity index (χ4v) is 1.98. The molecule has 0 fully saturated rings. The summed E-state index contributed by atoms with van der Waals surface area (Å²) >= 11 is 5.87. The maximum absolute atomic E-state index is 5.87. The van der Waals surface area contributed by atoms with Gasteiger partial charge in [-0.15, -0.1) is 0 Å². The Morgan fingerprint density at radius 3 is 2.53 bits per heavy atom. The first-order valence-electron chi connectivity index (χ1n) is 6.41. The van der Waals surface area contributed by atoms with E-state index in [1.165, 1.54) is 11.1 Å². The lowest BCUT2D eigenvalue weighted by molar-refractivity contribution is 0.341. The molecule has 2 rings (SSSR count). The van der Waals surface area contributed by atoms with Crippen LogP contribution in [0.5, 0.6) is 5.75 Å². The third-order valence-electron chi connectivity index (χ3n) is 2.83. The standard InChI is InChI=1S/C16H18ClNO/c1-3-19-16-10-12(2)4-9-15(16)18-11-13-5-7-14(17)8-6-13/h4-10,18H,3,11H2,1-2H3. The zero-order chi connectivity index (χ0) is 13.7. The lowest BCUT2D eigenvalue weighted by atomic mass is 10.2. The van der Waals surface area contributed by atoms with Crippen LogP contribution in [0.2, 0.25) is 5.02 Å².